The van der Waals surface area contributed by atoms with Gasteiger partial charge in [0.1, 0.15) is 5.82 Å². The van der Waals surface area contributed by atoms with Crippen molar-refractivity contribution < 1.29 is 0 Å². The van der Waals surface area contributed by atoms with E-state index in [1.807, 2.05) is 72.0 Å². The molecule has 0 unspecified atom stereocenters. The van der Waals surface area contributed by atoms with E-state index >= 15 is 0 Å². The van der Waals surface area contributed by atoms with Crippen LogP contribution in [0.2, 0.25) is 0 Å². The van der Waals surface area contributed by atoms with E-state index < -0.39 is 0 Å². The van der Waals surface area contributed by atoms with Gasteiger partial charge in [0.05, 0.1) is 17.6 Å². The monoisotopic (exact) mass is 454 g/mol. The highest BCUT2D eigenvalue weighted by molar-refractivity contribution is 5.83. The van der Waals surface area contributed by atoms with Crippen LogP contribution in [0.15, 0.2) is 139 Å². The third-order valence-corrected chi connectivity index (χ3v) is 5.65. The van der Waals surface area contributed by atoms with Crippen LogP contribution in [0, 0.1) is 6.92 Å². The summed E-state index contributed by atoms with van der Waals surface area (Å²) in [6, 6.07) is 43.1. The van der Waals surface area contributed by atoms with Crippen molar-refractivity contribution in [1.29, 1.82) is 0 Å². The molecule has 0 bridgehead atoms. The second-order valence-corrected chi connectivity index (χ2v) is 8.18. The van der Waals surface area contributed by atoms with Crippen LogP contribution in [0.4, 0.5) is 28.6 Å². The predicted octanol–water partition coefficient (Wildman–Crippen LogP) is 8.03. The molecular weight excluding hydrogens is 428 g/mol. The zero-order valence-electron chi connectivity index (χ0n) is 19.6. The summed E-state index contributed by atoms with van der Waals surface area (Å²) in [5.41, 5.74) is 6.35. The van der Waals surface area contributed by atoms with Gasteiger partial charge >= 0.3 is 0 Å². The van der Waals surface area contributed by atoms with Gasteiger partial charge in [-0.2, -0.15) is 5.10 Å². The van der Waals surface area contributed by atoms with Crippen molar-refractivity contribution in [2.75, 3.05) is 9.91 Å². The molecule has 0 fully saturated rings. The average Bonchev–Trinajstić information content (AvgIpc) is 2.93. The second-order valence-electron chi connectivity index (χ2n) is 8.18. The molecule has 0 saturated carbocycles. The Morgan fingerprint density at radius 2 is 1.11 bits per heavy atom. The summed E-state index contributed by atoms with van der Waals surface area (Å²) in [6.45, 7) is 2.09. The van der Waals surface area contributed by atoms with Crippen molar-refractivity contribution in [3.05, 3.63) is 145 Å². The lowest BCUT2D eigenvalue weighted by Crippen LogP contribution is -2.11. The van der Waals surface area contributed by atoms with Gasteiger partial charge in [0.25, 0.3) is 0 Å². The van der Waals surface area contributed by atoms with Crippen molar-refractivity contribution in [3.63, 3.8) is 0 Å². The first-order chi connectivity index (χ1) is 17.3. The number of para-hydroxylation sites is 2. The SMILES string of the molecule is Cc1ccc(N(c2ccc(/C=N/N(c3ccccc3)c3ccccc3)cc2)c2ccccn2)cc1. The maximum atomic E-state index is 4.82. The van der Waals surface area contributed by atoms with Crippen LogP contribution in [-0.2, 0) is 0 Å². The van der Waals surface area contributed by atoms with Gasteiger partial charge in [0.15, 0.2) is 0 Å². The van der Waals surface area contributed by atoms with Gasteiger partial charge < -0.3 is 0 Å². The molecular formula is C31H26N4. The number of aromatic nitrogens is 1. The second kappa shape index (κ2) is 10.5. The molecule has 4 heteroatoms. The molecule has 0 radical (unpaired) electrons. The largest absolute Gasteiger partial charge is 0.295 e. The minimum absolute atomic E-state index is 0.872. The van der Waals surface area contributed by atoms with E-state index in [1.165, 1.54) is 5.56 Å². The van der Waals surface area contributed by atoms with E-state index in [0.29, 0.717) is 0 Å². The average molecular weight is 455 g/mol. The fourth-order valence-corrected chi connectivity index (χ4v) is 3.85. The van der Waals surface area contributed by atoms with Crippen LogP contribution in [0.25, 0.3) is 0 Å². The Morgan fingerprint density at radius 1 is 0.571 bits per heavy atom. The number of pyridine rings is 1. The molecule has 0 N–H and O–H groups in total. The van der Waals surface area contributed by atoms with Gasteiger partial charge in [0.2, 0.25) is 0 Å². The topological polar surface area (TPSA) is 31.7 Å². The normalized spacial score (nSPS) is 10.9. The van der Waals surface area contributed by atoms with E-state index in [1.54, 1.807) is 0 Å². The van der Waals surface area contributed by atoms with E-state index in [4.69, 9.17) is 5.10 Å². The van der Waals surface area contributed by atoms with Crippen molar-refractivity contribution in [1.82, 2.24) is 4.98 Å². The van der Waals surface area contributed by atoms with E-state index in [-0.39, 0.29) is 0 Å². The Kier molecular flexibility index (Phi) is 6.63. The summed E-state index contributed by atoms with van der Waals surface area (Å²) in [4.78, 5) is 6.75. The number of benzene rings is 4. The van der Waals surface area contributed by atoms with Crippen LogP contribution in [0.1, 0.15) is 11.1 Å². The number of hydrogen-bond acceptors (Lipinski definition) is 4. The maximum Gasteiger partial charge on any atom is 0.137 e. The lowest BCUT2D eigenvalue weighted by atomic mass is 10.1. The summed E-state index contributed by atoms with van der Waals surface area (Å²) in [5.74, 6) is 0.872. The van der Waals surface area contributed by atoms with E-state index in [9.17, 15) is 0 Å². The first-order valence-electron chi connectivity index (χ1n) is 11.6. The molecule has 0 aliphatic carbocycles. The smallest absolute Gasteiger partial charge is 0.137 e. The third kappa shape index (κ3) is 5.28. The van der Waals surface area contributed by atoms with Gasteiger partial charge in [-0.05, 0) is 73.2 Å². The predicted molar refractivity (Wildman–Crippen MR) is 146 cm³/mol. The first-order valence-corrected chi connectivity index (χ1v) is 11.6. The fourth-order valence-electron chi connectivity index (χ4n) is 3.85. The van der Waals surface area contributed by atoms with Gasteiger partial charge in [-0.3, -0.25) is 4.90 Å². The summed E-state index contributed by atoms with van der Waals surface area (Å²) in [7, 11) is 0. The molecule has 170 valence electrons. The molecule has 0 aliphatic rings. The zero-order valence-corrected chi connectivity index (χ0v) is 19.6. The van der Waals surface area contributed by atoms with Crippen LogP contribution in [0.3, 0.4) is 0 Å². The van der Waals surface area contributed by atoms with Gasteiger partial charge in [-0.25, -0.2) is 9.99 Å². The number of aryl methyl sites for hydroxylation is 1. The maximum absolute atomic E-state index is 4.82. The molecule has 0 saturated heterocycles. The standard InChI is InChI=1S/C31H26N4/c1-25-15-19-27(20-16-25)34(31-14-8-9-23-32-31)28-21-17-26(18-22-28)24-33-35(29-10-4-2-5-11-29)30-12-6-3-7-13-30/h2-24H,1H3/b33-24+. The molecule has 0 aliphatic heterocycles. The fraction of sp³-hybridized carbons (Fsp3) is 0.0323. The summed E-state index contributed by atoms with van der Waals surface area (Å²) in [6.07, 6.45) is 3.71. The molecule has 0 spiro atoms. The molecule has 1 heterocycles. The number of nitrogens with zero attached hydrogens (tertiary/aromatic N) is 4. The van der Waals surface area contributed by atoms with Crippen molar-refractivity contribution in [3.8, 4) is 0 Å². The van der Waals surface area contributed by atoms with Gasteiger partial charge in [0, 0.05) is 17.6 Å². The number of rotatable bonds is 7. The molecule has 35 heavy (non-hydrogen) atoms. The van der Waals surface area contributed by atoms with Crippen LogP contribution >= 0.6 is 0 Å². The Morgan fingerprint density at radius 3 is 1.66 bits per heavy atom. The molecule has 0 atom stereocenters. The molecule has 0 amide bonds. The lowest BCUT2D eigenvalue weighted by Gasteiger charge is -2.24. The Bertz CT molecular complexity index is 1330. The molecule has 5 aromatic rings. The minimum atomic E-state index is 0.872. The summed E-state index contributed by atoms with van der Waals surface area (Å²) < 4.78 is 0. The molecule has 4 nitrogen and oxygen atoms in total. The first kappa shape index (κ1) is 22.1. The quantitative estimate of drug-likeness (QED) is 0.184. The minimum Gasteiger partial charge on any atom is -0.295 e. The van der Waals surface area contributed by atoms with Crippen molar-refractivity contribution in [2.45, 2.75) is 6.92 Å². The highest BCUT2D eigenvalue weighted by atomic mass is 15.5. The van der Waals surface area contributed by atoms with Crippen LogP contribution in [-0.4, -0.2) is 11.2 Å². The van der Waals surface area contributed by atoms with Crippen LogP contribution in [0.5, 0.6) is 0 Å². The summed E-state index contributed by atoms with van der Waals surface area (Å²) in [5, 5.41) is 6.76. The van der Waals surface area contributed by atoms with Crippen molar-refractivity contribution >= 4 is 34.8 Å². The molecule has 1 aromatic heterocycles. The van der Waals surface area contributed by atoms with E-state index in [2.05, 4.69) is 89.6 Å². The van der Waals surface area contributed by atoms with E-state index in [0.717, 1.165) is 34.1 Å². The lowest BCUT2D eigenvalue weighted by molar-refractivity contribution is 1.09. The number of hydrazone groups is 1. The molecule has 4 aromatic carbocycles. The Hall–Kier alpha value is -4.70. The highest BCUT2D eigenvalue weighted by Gasteiger charge is 2.13. The third-order valence-electron chi connectivity index (χ3n) is 5.65. The Balaban J connectivity index is 1.45. The van der Waals surface area contributed by atoms with Crippen LogP contribution < -0.4 is 9.91 Å². The van der Waals surface area contributed by atoms with Gasteiger partial charge in [-0.15, -0.1) is 0 Å². The Labute approximate surface area is 206 Å². The molecule has 5 rings (SSSR count). The summed E-state index contributed by atoms with van der Waals surface area (Å²) >= 11 is 0. The highest BCUT2D eigenvalue weighted by Crippen LogP contribution is 2.33. The zero-order chi connectivity index (χ0) is 23.9. The number of anilines is 5. The van der Waals surface area contributed by atoms with Gasteiger partial charge in [-0.1, -0.05) is 72.3 Å². The van der Waals surface area contributed by atoms with Crippen molar-refractivity contribution in [2.24, 2.45) is 5.10 Å². The number of hydrogen-bond donors (Lipinski definition) is 0.